The minimum absolute atomic E-state index is 0.350. The van der Waals surface area contributed by atoms with E-state index in [9.17, 15) is 0 Å². The Hall–Kier alpha value is -2.35. The van der Waals surface area contributed by atoms with E-state index in [0.29, 0.717) is 11.8 Å². The normalized spacial score (nSPS) is 22.4. The largest absolute Gasteiger partial charge is 0.310 e. The van der Waals surface area contributed by atoms with Crippen molar-refractivity contribution in [2.75, 3.05) is 13.1 Å². The zero-order chi connectivity index (χ0) is 13.2. The molecule has 0 saturated carbocycles. The Balaban J connectivity index is 1.85. The first-order chi connectivity index (χ1) is 9.28. The second kappa shape index (κ2) is 4.73. The third-order valence-electron chi connectivity index (χ3n) is 3.73. The molecule has 3 rings (SSSR count). The standard InChI is InChI=1S/C14H15N5/c1-10-7-19(9-15)8-12(10)14-6-13(17-18-14)11-2-4-16-5-3-11/h2-6,10,12H,7-8H2,1H3,(H,17,18)/t10-,12-/m1/s1. The molecule has 2 aromatic rings. The van der Waals surface area contributed by atoms with E-state index in [0.717, 1.165) is 30.0 Å². The molecule has 0 radical (unpaired) electrons. The van der Waals surface area contributed by atoms with E-state index in [4.69, 9.17) is 5.26 Å². The number of nitriles is 1. The minimum Gasteiger partial charge on any atom is -0.310 e. The lowest BCUT2D eigenvalue weighted by Gasteiger charge is -2.10. The number of pyridine rings is 1. The van der Waals surface area contributed by atoms with E-state index < -0.39 is 0 Å². The van der Waals surface area contributed by atoms with Gasteiger partial charge >= 0.3 is 0 Å². The topological polar surface area (TPSA) is 68.6 Å². The van der Waals surface area contributed by atoms with Gasteiger partial charge in [0.2, 0.25) is 0 Å². The molecule has 96 valence electrons. The molecule has 2 aromatic heterocycles. The third kappa shape index (κ3) is 2.17. The van der Waals surface area contributed by atoms with E-state index in [1.54, 1.807) is 12.4 Å². The molecule has 1 aliphatic heterocycles. The van der Waals surface area contributed by atoms with Gasteiger partial charge in [-0.15, -0.1) is 0 Å². The van der Waals surface area contributed by atoms with Crippen LogP contribution in [-0.2, 0) is 0 Å². The molecule has 1 N–H and O–H groups in total. The average Bonchev–Trinajstić information content (AvgIpc) is 3.06. The molecule has 2 atom stereocenters. The van der Waals surface area contributed by atoms with Gasteiger partial charge in [0, 0.05) is 42.7 Å². The van der Waals surface area contributed by atoms with Crippen molar-refractivity contribution in [3.05, 3.63) is 36.3 Å². The van der Waals surface area contributed by atoms with Crippen LogP contribution < -0.4 is 0 Å². The maximum Gasteiger partial charge on any atom is 0.179 e. The van der Waals surface area contributed by atoms with Gasteiger partial charge in [0.1, 0.15) is 0 Å². The fraction of sp³-hybridized carbons (Fsp3) is 0.357. The van der Waals surface area contributed by atoms with Gasteiger partial charge < -0.3 is 4.90 Å². The fourth-order valence-electron chi connectivity index (χ4n) is 2.65. The van der Waals surface area contributed by atoms with Crippen LogP contribution in [0.15, 0.2) is 30.6 Å². The minimum atomic E-state index is 0.350. The maximum absolute atomic E-state index is 8.97. The number of hydrogen-bond donors (Lipinski definition) is 1. The van der Waals surface area contributed by atoms with Crippen molar-refractivity contribution in [3.63, 3.8) is 0 Å². The van der Waals surface area contributed by atoms with Crippen LogP contribution in [0.5, 0.6) is 0 Å². The smallest absolute Gasteiger partial charge is 0.179 e. The molecule has 1 aliphatic rings. The molecule has 0 bridgehead atoms. The molecule has 19 heavy (non-hydrogen) atoms. The van der Waals surface area contributed by atoms with Crippen LogP contribution >= 0.6 is 0 Å². The lowest BCUT2D eigenvalue weighted by atomic mass is 9.94. The first-order valence-corrected chi connectivity index (χ1v) is 6.38. The lowest BCUT2D eigenvalue weighted by Crippen LogP contribution is -2.12. The molecule has 5 heteroatoms. The summed E-state index contributed by atoms with van der Waals surface area (Å²) in [6.07, 6.45) is 5.75. The quantitative estimate of drug-likeness (QED) is 0.831. The highest BCUT2D eigenvalue weighted by Crippen LogP contribution is 2.32. The molecule has 0 amide bonds. The monoisotopic (exact) mass is 253 g/mol. The second-order valence-electron chi connectivity index (χ2n) is 5.03. The van der Waals surface area contributed by atoms with Gasteiger partial charge in [0.05, 0.1) is 5.69 Å². The highest BCUT2D eigenvalue weighted by Gasteiger charge is 2.31. The van der Waals surface area contributed by atoms with Crippen LogP contribution in [0.3, 0.4) is 0 Å². The maximum atomic E-state index is 8.97. The van der Waals surface area contributed by atoms with Crippen molar-refractivity contribution in [1.82, 2.24) is 20.1 Å². The van der Waals surface area contributed by atoms with E-state index in [1.807, 2.05) is 17.0 Å². The predicted octanol–water partition coefficient (Wildman–Crippen LogP) is 1.99. The summed E-state index contributed by atoms with van der Waals surface area (Å²) in [4.78, 5) is 5.82. The van der Waals surface area contributed by atoms with E-state index in [2.05, 4.69) is 34.4 Å². The molecular weight excluding hydrogens is 238 g/mol. The van der Waals surface area contributed by atoms with Crippen LogP contribution in [-0.4, -0.2) is 33.2 Å². The van der Waals surface area contributed by atoms with Crippen LogP contribution in [0.2, 0.25) is 0 Å². The number of H-pyrrole nitrogens is 1. The summed E-state index contributed by atoms with van der Waals surface area (Å²) in [7, 11) is 0. The van der Waals surface area contributed by atoms with E-state index in [1.165, 1.54) is 0 Å². The van der Waals surface area contributed by atoms with Crippen molar-refractivity contribution < 1.29 is 0 Å². The number of likely N-dealkylation sites (tertiary alicyclic amines) is 1. The zero-order valence-corrected chi connectivity index (χ0v) is 10.7. The molecular formula is C14H15N5. The first-order valence-electron chi connectivity index (χ1n) is 6.38. The summed E-state index contributed by atoms with van der Waals surface area (Å²) < 4.78 is 0. The second-order valence-corrected chi connectivity index (χ2v) is 5.03. The molecule has 0 aliphatic carbocycles. The molecule has 1 fully saturated rings. The van der Waals surface area contributed by atoms with Crippen LogP contribution in [0.1, 0.15) is 18.5 Å². The number of hydrogen-bond acceptors (Lipinski definition) is 4. The van der Waals surface area contributed by atoms with Crippen molar-refractivity contribution in [2.24, 2.45) is 5.92 Å². The molecule has 5 nitrogen and oxygen atoms in total. The number of rotatable bonds is 2. The molecule has 0 unspecified atom stereocenters. The van der Waals surface area contributed by atoms with Crippen molar-refractivity contribution >= 4 is 0 Å². The Morgan fingerprint density at radius 1 is 1.37 bits per heavy atom. The van der Waals surface area contributed by atoms with Gasteiger partial charge in [-0.3, -0.25) is 10.1 Å². The molecule has 1 saturated heterocycles. The Morgan fingerprint density at radius 3 is 2.84 bits per heavy atom. The summed E-state index contributed by atoms with van der Waals surface area (Å²) >= 11 is 0. The number of aromatic amines is 1. The summed E-state index contributed by atoms with van der Waals surface area (Å²) in [5.74, 6) is 0.813. The number of nitrogens with zero attached hydrogens (tertiary/aromatic N) is 4. The summed E-state index contributed by atoms with van der Waals surface area (Å²) in [6.45, 7) is 3.77. The summed E-state index contributed by atoms with van der Waals surface area (Å²) in [5, 5.41) is 16.5. The van der Waals surface area contributed by atoms with Gasteiger partial charge in [-0.05, 0) is 24.1 Å². The first kappa shape index (κ1) is 11.7. The van der Waals surface area contributed by atoms with E-state index >= 15 is 0 Å². The van der Waals surface area contributed by atoms with Crippen molar-refractivity contribution in [3.8, 4) is 17.5 Å². The predicted molar refractivity (Wildman–Crippen MR) is 70.9 cm³/mol. The number of nitrogens with one attached hydrogen (secondary N) is 1. The Bertz CT molecular complexity index is 598. The van der Waals surface area contributed by atoms with E-state index in [-0.39, 0.29) is 0 Å². The van der Waals surface area contributed by atoms with Gasteiger partial charge in [-0.2, -0.15) is 10.4 Å². The van der Waals surface area contributed by atoms with Crippen LogP contribution in [0.4, 0.5) is 0 Å². The summed E-state index contributed by atoms with van der Waals surface area (Å²) in [6, 6.07) is 5.97. The van der Waals surface area contributed by atoms with Gasteiger partial charge in [-0.1, -0.05) is 6.92 Å². The number of aromatic nitrogens is 3. The Labute approximate surface area is 111 Å². The van der Waals surface area contributed by atoms with Crippen molar-refractivity contribution in [1.29, 1.82) is 5.26 Å². The van der Waals surface area contributed by atoms with Gasteiger partial charge in [-0.25, -0.2) is 0 Å². The average molecular weight is 253 g/mol. The zero-order valence-electron chi connectivity index (χ0n) is 10.7. The summed E-state index contributed by atoms with van der Waals surface area (Å²) in [5.41, 5.74) is 3.09. The SMILES string of the molecule is C[C@@H]1CN(C#N)C[C@H]1c1cc(-c2ccncc2)n[nH]1. The Kier molecular flexibility index (Phi) is 2.92. The third-order valence-corrected chi connectivity index (χ3v) is 3.73. The van der Waals surface area contributed by atoms with Crippen molar-refractivity contribution in [2.45, 2.75) is 12.8 Å². The lowest BCUT2D eigenvalue weighted by molar-refractivity contribution is 0.465. The Morgan fingerprint density at radius 2 is 2.16 bits per heavy atom. The van der Waals surface area contributed by atoms with Gasteiger partial charge in [0.15, 0.2) is 6.19 Å². The van der Waals surface area contributed by atoms with Crippen LogP contribution in [0, 0.1) is 17.4 Å². The fourth-order valence-corrected chi connectivity index (χ4v) is 2.65. The van der Waals surface area contributed by atoms with Gasteiger partial charge in [0.25, 0.3) is 0 Å². The molecule has 0 spiro atoms. The molecule has 0 aromatic carbocycles. The molecule has 3 heterocycles. The highest BCUT2D eigenvalue weighted by atomic mass is 15.2. The van der Waals surface area contributed by atoms with Crippen LogP contribution in [0.25, 0.3) is 11.3 Å². The highest BCUT2D eigenvalue weighted by molar-refractivity contribution is 5.58.